The van der Waals surface area contributed by atoms with Gasteiger partial charge in [-0.15, -0.1) is 6.58 Å². The van der Waals surface area contributed by atoms with Crippen molar-refractivity contribution in [2.45, 2.75) is 61.8 Å². The number of nitrogens with one attached hydrogen (secondary N) is 2. The average molecular weight is 469 g/mol. The molecular formula is C27H36N2O3S. The minimum absolute atomic E-state index is 0.334. The summed E-state index contributed by atoms with van der Waals surface area (Å²) in [6.07, 6.45) is 9.39. The Bertz CT molecular complexity index is 1030. The lowest BCUT2D eigenvalue weighted by atomic mass is 9.76. The summed E-state index contributed by atoms with van der Waals surface area (Å²) in [6.45, 7) is 5.49. The molecule has 0 saturated heterocycles. The normalized spacial score (nSPS) is 25.3. The Balaban J connectivity index is 1.25. The van der Waals surface area contributed by atoms with Gasteiger partial charge in [-0.3, -0.25) is 0 Å². The maximum Gasteiger partial charge on any atom is 0.240 e. The molecule has 0 radical (unpaired) electrons. The number of hydrogen-bond acceptors (Lipinski definition) is 4. The van der Waals surface area contributed by atoms with E-state index in [2.05, 4.69) is 22.7 Å². The van der Waals surface area contributed by atoms with E-state index in [0.717, 1.165) is 51.5 Å². The van der Waals surface area contributed by atoms with Gasteiger partial charge in [0.25, 0.3) is 0 Å². The van der Waals surface area contributed by atoms with Crippen molar-refractivity contribution in [2.24, 2.45) is 11.8 Å². The van der Waals surface area contributed by atoms with Crippen molar-refractivity contribution in [2.75, 3.05) is 13.1 Å². The van der Waals surface area contributed by atoms with Crippen molar-refractivity contribution < 1.29 is 13.5 Å². The molecule has 0 bridgehead atoms. The van der Waals surface area contributed by atoms with E-state index in [1.165, 1.54) is 11.1 Å². The molecule has 0 aliphatic heterocycles. The van der Waals surface area contributed by atoms with Crippen LogP contribution in [0.15, 0.2) is 66.1 Å². The Morgan fingerprint density at radius 3 is 2.36 bits per heavy atom. The molecule has 2 atom stereocenters. The average Bonchev–Trinajstić information content (AvgIpc) is 2.83. The minimum atomic E-state index is -3.42. The molecule has 2 aliphatic rings. The van der Waals surface area contributed by atoms with Gasteiger partial charge in [0.15, 0.2) is 0 Å². The Morgan fingerprint density at radius 2 is 1.67 bits per heavy atom. The fourth-order valence-electron chi connectivity index (χ4n) is 5.48. The number of sulfonamides is 1. The van der Waals surface area contributed by atoms with Crippen LogP contribution in [0.5, 0.6) is 5.75 Å². The van der Waals surface area contributed by atoms with Gasteiger partial charge in [0.2, 0.25) is 10.0 Å². The summed E-state index contributed by atoms with van der Waals surface area (Å²) in [4.78, 5) is 0.334. The van der Waals surface area contributed by atoms with Gasteiger partial charge in [-0.25, -0.2) is 13.1 Å². The fraction of sp³-hybridized carbons (Fsp3) is 0.481. The maximum atomic E-state index is 12.5. The lowest BCUT2D eigenvalue weighted by Crippen LogP contribution is -2.41. The molecule has 1 fully saturated rings. The van der Waals surface area contributed by atoms with Crippen LogP contribution in [-0.2, 0) is 16.4 Å². The number of hydrogen-bond donors (Lipinski definition) is 3. The fourth-order valence-corrected chi connectivity index (χ4v) is 6.62. The van der Waals surface area contributed by atoms with Crippen LogP contribution in [0.25, 0.3) is 0 Å². The maximum absolute atomic E-state index is 12.5. The van der Waals surface area contributed by atoms with Crippen molar-refractivity contribution in [3.8, 4) is 5.75 Å². The summed E-state index contributed by atoms with van der Waals surface area (Å²) in [6, 6.07) is 14.8. The summed E-state index contributed by atoms with van der Waals surface area (Å²) in [5, 5.41) is 13.7. The molecule has 0 spiro atoms. The molecular weight excluding hydrogens is 432 g/mol. The molecule has 0 heterocycles. The lowest BCUT2D eigenvalue weighted by Gasteiger charge is -2.36. The summed E-state index contributed by atoms with van der Waals surface area (Å²) in [5.41, 5.74) is 2.60. The van der Waals surface area contributed by atoms with Crippen LogP contribution in [0.3, 0.4) is 0 Å². The molecule has 1 saturated carbocycles. The largest absolute Gasteiger partial charge is 0.508 e. The van der Waals surface area contributed by atoms with E-state index in [0.29, 0.717) is 41.0 Å². The van der Waals surface area contributed by atoms with Crippen LogP contribution in [0, 0.1) is 11.8 Å². The van der Waals surface area contributed by atoms with Gasteiger partial charge in [-0.1, -0.05) is 30.3 Å². The molecule has 2 aliphatic carbocycles. The van der Waals surface area contributed by atoms with Crippen LogP contribution in [-0.4, -0.2) is 32.7 Å². The molecule has 2 aromatic rings. The van der Waals surface area contributed by atoms with E-state index in [1.807, 2.05) is 18.2 Å². The highest BCUT2D eigenvalue weighted by Gasteiger charge is 2.30. The van der Waals surface area contributed by atoms with Gasteiger partial charge in [-0.2, -0.15) is 0 Å². The second-order valence-electron chi connectivity index (χ2n) is 9.62. The predicted molar refractivity (Wildman–Crippen MR) is 133 cm³/mol. The number of benzene rings is 2. The first kappa shape index (κ1) is 24.0. The number of phenols is 1. The number of phenolic OH excluding ortho intramolecular Hbond substituents is 1. The molecule has 0 unspecified atom stereocenters. The molecule has 0 amide bonds. The Morgan fingerprint density at radius 1 is 0.970 bits per heavy atom. The topological polar surface area (TPSA) is 78.4 Å². The monoisotopic (exact) mass is 468 g/mol. The third kappa shape index (κ3) is 6.05. The van der Waals surface area contributed by atoms with Crippen LogP contribution in [0.2, 0.25) is 0 Å². The standard InChI is InChI=1S/C27H36N2O3S/c1-2-6-26-25-15-14-23(30)17-22(25)13-16-27(26)28-18-20-9-11-21(12-10-20)19-29-33(31,32)24-7-4-3-5-8-24/h2-5,7-8,14-15,17,20-21,26-30H,1,6,9-13,16,18-19H2/t20?,21?,26-,27+/m0/s1. The van der Waals surface area contributed by atoms with Crippen molar-refractivity contribution >= 4 is 10.0 Å². The molecule has 6 heteroatoms. The summed E-state index contributed by atoms with van der Waals surface area (Å²) in [5.74, 6) is 1.79. The Kier molecular flexibility index (Phi) is 7.89. The van der Waals surface area contributed by atoms with Crippen LogP contribution < -0.4 is 10.0 Å². The zero-order valence-electron chi connectivity index (χ0n) is 19.2. The Labute approximate surface area is 198 Å². The molecule has 0 aromatic heterocycles. The smallest absolute Gasteiger partial charge is 0.240 e. The van der Waals surface area contributed by atoms with E-state index < -0.39 is 10.0 Å². The van der Waals surface area contributed by atoms with E-state index in [1.54, 1.807) is 30.3 Å². The van der Waals surface area contributed by atoms with Gasteiger partial charge in [0.1, 0.15) is 5.75 Å². The number of aryl methyl sites for hydroxylation is 1. The molecule has 2 aromatic carbocycles. The zero-order valence-corrected chi connectivity index (χ0v) is 20.1. The van der Waals surface area contributed by atoms with Gasteiger partial charge in [0.05, 0.1) is 4.90 Å². The van der Waals surface area contributed by atoms with E-state index in [-0.39, 0.29) is 0 Å². The quantitative estimate of drug-likeness (QED) is 0.465. The zero-order chi connectivity index (χ0) is 23.3. The molecule has 33 heavy (non-hydrogen) atoms. The second-order valence-corrected chi connectivity index (χ2v) is 11.4. The van der Waals surface area contributed by atoms with Crippen LogP contribution >= 0.6 is 0 Å². The summed E-state index contributed by atoms with van der Waals surface area (Å²) in [7, 11) is -3.42. The highest BCUT2D eigenvalue weighted by Crippen LogP contribution is 2.37. The van der Waals surface area contributed by atoms with Crippen LogP contribution in [0.4, 0.5) is 0 Å². The molecule has 4 rings (SSSR count). The van der Waals surface area contributed by atoms with Crippen molar-refractivity contribution in [1.29, 1.82) is 0 Å². The van der Waals surface area contributed by atoms with Crippen molar-refractivity contribution in [3.63, 3.8) is 0 Å². The summed E-state index contributed by atoms with van der Waals surface area (Å²) >= 11 is 0. The first-order chi connectivity index (χ1) is 16.0. The van der Waals surface area contributed by atoms with E-state index in [9.17, 15) is 13.5 Å². The first-order valence-electron chi connectivity index (χ1n) is 12.2. The number of allylic oxidation sites excluding steroid dienone is 1. The molecule has 178 valence electrons. The first-order valence-corrected chi connectivity index (χ1v) is 13.7. The van der Waals surface area contributed by atoms with Gasteiger partial charge < -0.3 is 10.4 Å². The van der Waals surface area contributed by atoms with Crippen molar-refractivity contribution in [1.82, 2.24) is 10.0 Å². The predicted octanol–water partition coefficient (Wildman–Crippen LogP) is 4.74. The van der Waals surface area contributed by atoms with Gasteiger partial charge in [-0.05, 0) is 98.7 Å². The SMILES string of the molecule is C=CC[C@H]1c2ccc(O)cc2CC[C@H]1NCC1CCC(CNS(=O)(=O)c2ccccc2)CC1. The molecule has 3 N–H and O–H groups in total. The highest BCUT2D eigenvalue weighted by molar-refractivity contribution is 7.89. The summed E-state index contributed by atoms with van der Waals surface area (Å²) < 4.78 is 27.7. The van der Waals surface area contributed by atoms with Gasteiger partial charge >= 0.3 is 0 Å². The van der Waals surface area contributed by atoms with E-state index in [4.69, 9.17) is 0 Å². The Hall–Kier alpha value is -2.15. The third-order valence-electron chi connectivity index (χ3n) is 7.41. The van der Waals surface area contributed by atoms with Gasteiger partial charge in [0, 0.05) is 18.5 Å². The van der Waals surface area contributed by atoms with E-state index >= 15 is 0 Å². The van der Waals surface area contributed by atoms with Crippen molar-refractivity contribution in [3.05, 3.63) is 72.3 Å². The highest BCUT2D eigenvalue weighted by atomic mass is 32.2. The third-order valence-corrected chi connectivity index (χ3v) is 8.85. The lowest BCUT2D eigenvalue weighted by molar-refractivity contribution is 0.252. The second kappa shape index (κ2) is 10.9. The number of rotatable bonds is 9. The number of aromatic hydroxyl groups is 1. The number of fused-ring (bicyclic) bond motifs is 1. The minimum Gasteiger partial charge on any atom is -0.508 e. The van der Waals surface area contributed by atoms with Crippen LogP contribution in [0.1, 0.15) is 55.6 Å². The molecule has 5 nitrogen and oxygen atoms in total.